The van der Waals surface area contributed by atoms with Crippen molar-refractivity contribution in [2.75, 3.05) is 40.0 Å². The smallest absolute Gasteiger partial charge is 0.222 e. The first kappa shape index (κ1) is 15.7. The van der Waals surface area contributed by atoms with Crippen molar-refractivity contribution in [2.45, 2.75) is 38.1 Å². The normalized spacial score (nSPS) is 30.1. The lowest BCUT2D eigenvalue weighted by molar-refractivity contribution is -0.131. The standard InChI is InChI=1S/C15H28N2O3/c1-19-7-8-20-11-12-5-6-17(10-12)15(18)9-13-3-2-4-14(13)16/h12-14H,2-11,16H2,1H3/t12?,13-,14+/m0/s1. The summed E-state index contributed by atoms with van der Waals surface area (Å²) in [5, 5.41) is 0. The molecule has 3 atom stereocenters. The van der Waals surface area contributed by atoms with Crippen molar-refractivity contribution in [3.05, 3.63) is 0 Å². The van der Waals surface area contributed by atoms with Crippen molar-refractivity contribution in [1.29, 1.82) is 0 Å². The van der Waals surface area contributed by atoms with E-state index in [0.717, 1.165) is 39.0 Å². The van der Waals surface area contributed by atoms with Gasteiger partial charge in [0.25, 0.3) is 0 Å². The number of carbonyl (C=O) groups excluding carboxylic acids is 1. The lowest BCUT2D eigenvalue weighted by Gasteiger charge is -2.21. The number of methoxy groups -OCH3 is 1. The maximum Gasteiger partial charge on any atom is 0.222 e. The van der Waals surface area contributed by atoms with Gasteiger partial charge >= 0.3 is 0 Å². The predicted octanol–water partition coefficient (Wildman–Crippen LogP) is 1.02. The van der Waals surface area contributed by atoms with Gasteiger partial charge < -0.3 is 20.1 Å². The molecule has 0 aromatic heterocycles. The Morgan fingerprint density at radius 1 is 1.30 bits per heavy atom. The zero-order chi connectivity index (χ0) is 14.4. The van der Waals surface area contributed by atoms with E-state index in [-0.39, 0.29) is 11.9 Å². The van der Waals surface area contributed by atoms with Crippen LogP contribution < -0.4 is 5.73 Å². The quantitative estimate of drug-likeness (QED) is 0.709. The van der Waals surface area contributed by atoms with Gasteiger partial charge in [-0.05, 0) is 25.2 Å². The second-order valence-electron chi connectivity index (χ2n) is 6.12. The minimum atomic E-state index is 0.231. The molecule has 1 aliphatic heterocycles. The van der Waals surface area contributed by atoms with Gasteiger partial charge in [-0.2, -0.15) is 0 Å². The average Bonchev–Trinajstić information content (AvgIpc) is 3.05. The van der Waals surface area contributed by atoms with Crippen LogP contribution in [0.5, 0.6) is 0 Å². The van der Waals surface area contributed by atoms with E-state index in [1.54, 1.807) is 7.11 Å². The minimum absolute atomic E-state index is 0.231. The Morgan fingerprint density at radius 3 is 2.85 bits per heavy atom. The van der Waals surface area contributed by atoms with Crippen LogP contribution in [-0.2, 0) is 14.3 Å². The topological polar surface area (TPSA) is 64.8 Å². The van der Waals surface area contributed by atoms with Crippen molar-refractivity contribution in [3.8, 4) is 0 Å². The summed E-state index contributed by atoms with van der Waals surface area (Å²) < 4.78 is 10.5. The van der Waals surface area contributed by atoms with Crippen LogP contribution in [0.25, 0.3) is 0 Å². The number of ether oxygens (including phenoxy) is 2. The molecule has 5 nitrogen and oxygen atoms in total. The third-order valence-electron chi connectivity index (χ3n) is 4.58. The van der Waals surface area contributed by atoms with Crippen LogP contribution in [0.2, 0.25) is 0 Å². The van der Waals surface area contributed by atoms with E-state index in [1.165, 1.54) is 6.42 Å². The van der Waals surface area contributed by atoms with E-state index in [2.05, 4.69) is 0 Å². The summed E-state index contributed by atoms with van der Waals surface area (Å²) in [5.41, 5.74) is 6.04. The van der Waals surface area contributed by atoms with Crippen molar-refractivity contribution < 1.29 is 14.3 Å². The van der Waals surface area contributed by atoms with Gasteiger partial charge in [0.1, 0.15) is 0 Å². The lowest BCUT2D eigenvalue weighted by atomic mass is 9.99. The minimum Gasteiger partial charge on any atom is -0.382 e. The molecule has 2 N–H and O–H groups in total. The molecule has 0 aromatic carbocycles. The molecule has 5 heteroatoms. The number of hydrogen-bond donors (Lipinski definition) is 1. The zero-order valence-corrected chi connectivity index (χ0v) is 12.6. The number of hydrogen-bond acceptors (Lipinski definition) is 4. The summed E-state index contributed by atoms with van der Waals surface area (Å²) in [5.74, 6) is 1.17. The van der Waals surface area contributed by atoms with Crippen molar-refractivity contribution in [2.24, 2.45) is 17.6 Å². The number of rotatable bonds is 7. The molecule has 1 heterocycles. The molecule has 1 saturated heterocycles. The van der Waals surface area contributed by atoms with E-state index < -0.39 is 0 Å². The number of carbonyl (C=O) groups is 1. The first-order valence-electron chi connectivity index (χ1n) is 7.80. The van der Waals surface area contributed by atoms with Gasteiger partial charge in [-0.1, -0.05) is 6.42 Å². The van der Waals surface area contributed by atoms with Crippen LogP contribution >= 0.6 is 0 Å². The van der Waals surface area contributed by atoms with Gasteiger partial charge in [0.2, 0.25) is 5.91 Å². The van der Waals surface area contributed by atoms with E-state index >= 15 is 0 Å². The van der Waals surface area contributed by atoms with E-state index in [9.17, 15) is 4.79 Å². The van der Waals surface area contributed by atoms with Crippen LogP contribution in [0.4, 0.5) is 0 Å². The van der Waals surface area contributed by atoms with Crippen LogP contribution in [0, 0.1) is 11.8 Å². The third-order valence-corrected chi connectivity index (χ3v) is 4.58. The van der Waals surface area contributed by atoms with E-state index in [4.69, 9.17) is 15.2 Å². The maximum atomic E-state index is 12.3. The Labute approximate surface area is 121 Å². The van der Waals surface area contributed by atoms with E-state index in [1.807, 2.05) is 4.90 Å². The molecule has 1 saturated carbocycles. The Morgan fingerprint density at radius 2 is 2.15 bits per heavy atom. The Balaban J connectivity index is 1.65. The molecule has 2 aliphatic rings. The van der Waals surface area contributed by atoms with Gasteiger partial charge in [-0.15, -0.1) is 0 Å². The molecule has 1 amide bonds. The van der Waals surface area contributed by atoms with Crippen LogP contribution in [-0.4, -0.2) is 56.9 Å². The number of amides is 1. The van der Waals surface area contributed by atoms with Gasteiger partial charge in [0, 0.05) is 38.6 Å². The molecule has 20 heavy (non-hydrogen) atoms. The number of nitrogens with two attached hydrogens (primary N) is 1. The predicted molar refractivity (Wildman–Crippen MR) is 77.3 cm³/mol. The Bertz CT molecular complexity index is 311. The summed E-state index contributed by atoms with van der Waals surface area (Å²) in [6.45, 7) is 3.72. The molecule has 0 radical (unpaired) electrons. The lowest BCUT2D eigenvalue weighted by Crippen LogP contribution is -2.34. The fraction of sp³-hybridized carbons (Fsp3) is 0.933. The fourth-order valence-electron chi connectivity index (χ4n) is 3.26. The highest BCUT2D eigenvalue weighted by molar-refractivity contribution is 5.76. The summed E-state index contributed by atoms with van der Waals surface area (Å²) in [4.78, 5) is 14.3. The molecular weight excluding hydrogens is 256 g/mol. The summed E-state index contributed by atoms with van der Waals surface area (Å²) >= 11 is 0. The largest absolute Gasteiger partial charge is 0.382 e. The first-order chi connectivity index (χ1) is 9.70. The Hall–Kier alpha value is -0.650. The van der Waals surface area contributed by atoms with E-state index in [0.29, 0.717) is 31.5 Å². The molecule has 2 rings (SSSR count). The summed E-state index contributed by atoms with van der Waals surface area (Å²) in [6, 6.07) is 0.231. The second kappa shape index (κ2) is 7.96. The summed E-state index contributed by atoms with van der Waals surface area (Å²) in [6.07, 6.45) is 5.06. The highest BCUT2D eigenvalue weighted by atomic mass is 16.5. The molecular formula is C15H28N2O3. The highest BCUT2D eigenvalue weighted by Crippen LogP contribution is 2.28. The highest BCUT2D eigenvalue weighted by Gasteiger charge is 2.31. The Kier molecular flexibility index (Phi) is 6.26. The average molecular weight is 284 g/mol. The van der Waals surface area contributed by atoms with Crippen LogP contribution in [0.3, 0.4) is 0 Å². The summed E-state index contributed by atoms with van der Waals surface area (Å²) in [7, 11) is 1.67. The van der Waals surface area contributed by atoms with Crippen LogP contribution in [0.15, 0.2) is 0 Å². The molecule has 116 valence electrons. The monoisotopic (exact) mass is 284 g/mol. The second-order valence-corrected chi connectivity index (χ2v) is 6.12. The van der Waals surface area contributed by atoms with Gasteiger partial charge in [-0.3, -0.25) is 4.79 Å². The third kappa shape index (κ3) is 4.43. The van der Waals surface area contributed by atoms with Crippen molar-refractivity contribution >= 4 is 5.91 Å². The number of likely N-dealkylation sites (tertiary alicyclic amines) is 1. The van der Waals surface area contributed by atoms with Gasteiger partial charge in [0.15, 0.2) is 0 Å². The van der Waals surface area contributed by atoms with Gasteiger partial charge in [-0.25, -0.2) is 0 Å². The van der Waals surface area contributed by atoms with Gasteiger partial charge in [0.05, 0.1) is 19.8 Å². The molecule has 0 aromatic rings. The van der Waals surface area contributed by atoms with Crippen LogP contribution in [0.1, 0.15) is 32.1 Å². The molecule has 1 unspecified atom stereocenters. The first-order valence-corrected chi connectivity index (χ1v) is 7.80. The fourth-order valence-corrected chi connectivity index (χ4v) is 3.26. The van der Waals surface area contributed by atoms with Crippen molar-refractivity contribution in [3.63, 3.8) is 0 Å². The number of nitrogens with zero attached hydrogens (tertiary/aromatic N) is 1. The SMILES string of the molecule is COCCOCC1CCN(C(=O)C[C@@H]2CCC[C@H]2N)C1. The molecule has 0 spiro atoms. The zero-order valence-electron chi connectivity index (χ0n) is 12.6. The van der Waals surface area contributed by atoms with Crippen molar-refractivity contribution in [1.82, 2.24) is 4.90 Å². The molecule has 0 bridgehead atoms. The molecule has 2 fully saturated rings. The molecule has 1 aliphatic carbocycles. The maximum absolute atomic E-state index is 12.3.